The third-order valence-electron chi connectivity index (χ3n) is 4.11. The van der Waals surface area contributed by atoms with Crippen molar-refractivity contribution in [2.45, 2.75) is 13.5 Å². The van der Waals surface area contributed by atoms with E-state index >= 15 is 0 Å². The zero-order valence-corrected chi connectivity index (χ0v) is 13.0. The van der Waals surface area contributed by atoms with E-state index in [0.717, 1.165) is 22.3 Å². The predicted octanol–water partition coefficient (Wildman–Crippen LogP) is 5.28. The molecule has 0 N–H and O–H groups in total. The topological polar surface area (TPSA) is 22.1 Å². The number of pyridine rings is 1. The first-order chi connectivity index (χ1) is 11.3. The Morgan fingerprint density at radius 3 is 2.65 bits per heavy atom. The first kappa shape index (κ1) is 13.8. The van der Waals surface area contributed by atoms with Gasteiger partial charge in [-0.15, -0.1) is 0 Å². The van der Waals surface area contributed by atoms with Crippen LogP contribution < -0.4 is 4.74 Å². The number of benzene rings is 3. The predicted molar refractivity (Wildman–Crippen MR) is 94.8 cm³/mol. The minimum absolute atomic E-state index is 0.474. The molecule has 23 heavy (non-hydrogen) atoms. The summed E-state index contributed by atoms with van der Waals surface area (Å²) in [7, 11) is 0. The van der Waals surface area contributed by atoms with Crippen LogP contribution in [-0.2, 0) is 6.61 Å². The number of hydrogen-bond acceptors (Lipinski definition) is 2. The van der Waals surface area contributed by atoms with Crippen LogP contribution in [0.4, 0.5) is 0 Å². The first-order valence-corrected chi connectivity index (χ1v) is 7.76. The number of hydrogen-bond donors (Lipinski definition) is 0. The van der Waals surface area contributed by atoms with Gasteiger partial charge in [0.1, 0.15) is 12.4 Å². The summed E-state index contributed by atoms with van der Waals surface area (Å²) in [6, 6.07) is 24.8. The average Bonchev–Trinajstić information content (AvgIpc) is 2.60. The lowest BCUT2D eigenvalue weighted by molar-refractivity contribution is 0.302. The molecule has 4 aromatic rings. The smallest absolute Gasteiger partial charge is 0.130 e. The number of para-hydroxylation sites is 1. The molecule has 0 bridgehead atoms. The molecule has 2 heteroatoms. The van der Waals surface area contributed by atoms with E-state index < -0.39 is 0 Å². The Bertz CT molecular complexity index is 991. The van der Waals surface area contributed by atoms with Crippen LogP contribution in [0.1, 0.15) is 11.3 Å². The maximum Gasteiger partial charge on any atom is 0.130 e. The van der Waals surface area contributed by atoms with Crippen LogP contribution in [0.15, 0.2) is 72.8 Å². The monoisotopic (exact) mass is 299 g/mol. The van der Waals surface area contributed by atoms with Crippen LogP contribution in [-0.4, -0.2) is 4.98 Å². The molecule has 0 aliphatic carbocycles. The van der Waals surface area contributed by atoms with Crippen LogP contribution in [0, 0.1) is 6.92 Å². The van der Waals surface area contributed by atoms with Gasteiger partial charge in [0, 0.05) is 5.39 Å². The van der Waals surface area contributed by atoms with Crippen LogP contribution in [0.2, 0.25) is 0 Å². The Kier molecular flexibility index (Phi) is 3.43. The summed E-state index contributed by atoms with van der Waals surface area (Å²) in [5, 5.41) is 3.62. The molecular weight excluding hydrogens is 282 g/mol. The van der Waals surface area contributed by atoms with Crippen molar-refractivity contribution in [2.24, 2.45) is 0 Å². The lowest BCUT2D eigenvalue weighted by Crippen LogP contribution is -1.98. The Morgan fingerprint density at radius 2 is 1.70 bits per heavy atom. The fraction of sp³-hybridized carbons (Fsp3) is 0.0952. The molecule has 0 aliphatic heterocycles. The van der Waals surface area contributed by atoms with Crippen molar-refractivity contribution >= 4 is 21.7 Å². The van der Waals surface area contributed by atoms with E-state index in [-0.39, 0.29) is 0 Å². The van der Waals surface area contributed by atoms with Gasteiger partial charge in [-0.05, 0) is 47.5 Å². The van der Waals surface area contributed by atoms with Gasteiger partial charge in [-0.1, -0.05) is 48.5 Å². The van der Waals surface area contributed by atoms with Crippen molar-refractivity contribution in [1.82, 2.24) is 4.98 Å². The molecule has 0 amide bonds. The molecule has 0 aliphatic rings. The molecule has 0 fully saturated rings. The SMILES string of the molecule is Cc1cccc2cc(OCc3ccc4ccccc4n3)ccc12. The van der Waals surface area contributed by atoms with E-state index in [1.165, 1.54) is 16.3 Å². The summed E-state index contributed by atoms with van der Waals surface area (Å²) in [4.78, 5) is 4.64. The maximum absolute atomic E-state index is 5.93. The van der Waals surface area contributed by atoms with Crippen molar-refractivity contribution in [3.05, 3.63) is 84.1 Å². The number of fused-ring (bicyclic) bond motifs is 2. The number of ether oxygens (including phenoxy) is 1. The zero-order chi connectivity index (χ0) is 15.6. The van der Waals surface area contributed by atoms with E-state index in [1.54, 1.807) is 0 Å². The number of aromatic nitrogens is 1. The van der Waals surface area contributed by atoms with Gasteiger partial charge >= 0.3 is 0 Å². The van der Waals surface area contributed by atoms with Crippen molar-refractivity contribution in [1.29, 1.82) is 0 Å². The summed E-state index contributed by atoms with van der Waals surface area (Å²) in [6.07, 6.45) is 0. The average molecular weight is 299 g/mol. The van der Waals surface area contributed by atoms with Crippen molar-refractivity contribution in [2.75, 3.05) is 0 Å². The van der Waals surface area contributed by atoms with Gasteiger partial charge in [0.05, 0.1) is 11.2 Å². The third kappa shape index (κ3) is 2.76. The van der Waals surface area contributed by atoms with E-state index in [2.05, 4.69) is 54.4 Å². The Hall–Kier alpha value is -2.87. The number of nitrogens with zero attached hydrogens (tertiary/aromatic N) is 1. The van der Waals surface area contributed by atoms with Crippen molar-refractivity contribution in [3.63, 3.8) is 0 Å². The second-order valence-electron chi connectivity index (χ2n) is 5.74. The Labute approximate surface area is 135 Å². The molecule has 0 unspecified atom stereocenters. The lowest BCUT2D eigenvalue weighted by Gasteiger charge is -2.09. The molecule has 0 radical (unpaired) electrons. The lowest BCUT2D eigenvalue weighted by atomic mass is 10.1. The van der Waals surface area contributed by atoms with Gasteiger partial charge in [-0.2, -0.15) is 0 Å². The number of rotatable bonds is 3. The summed E-state index contributed by atoms with van der Waals surface area (Å²) in [5.41, 5.74) is 3.22. The highest BCUT2D eigenvalue weighted by Crippen LogP contribution is 2.24. The van der Waals surface area contributed by atoms with Crippen molar-refractivity contribution in [3.8, 4) is 5.75 Å². The molecule has 1 aromatic heterocycles. The highest BCUT2D eigenvalue weighted by molar-refractivity contribution is 5.86. The molecule has 0 saturated carbocycles. The highest BCUT2D eigenvalue weighted by Gasteiger charge is 2.02. The molecular formula is C21H17NO. The van der Waals surface area contributed by atoms with Gasteiger partial charge in [0.2, 0.25) is 0 Å². The van der Waals surface area contributed by atoms with Gasteiger partial charge in [0.15, 0.2) is 0 Å². The van der Waals surface area contributed by atoms with E-state index in [4.69, 9.17) is 4.74 Å². The normalized spacial score (nSPS) is 11.0. The van der Waals surface area contributed by atoms with Crippen LogP contribution in [0.5, 0.6) is 5.75 Å². The quantitative estimate of drug-likeness (QED) is 0.514. The van der Waals surface area contributed by atoms with Crippen LogP contribution in [0.3, 0.4) is 0 Å². The molecule has 0 spiro atoms. The second-order valence-corrected chi connectivity index (χ2v) is 5.74. The summed E-state index contributed by atoms with van der Waals surface area (Å²) in [5.74, 6) is 0.873. The Morgan fingerprint density at radius 1 is 0.826 bits per heavy atom. The molecule has 2 nitrogen and oxygen atoms in total. The standard InChI is InChI=1S/C21H17NO/c1-15-5-4-7-17-13-19(11-12-20(15)17)23-14-18-10-9-16-6-2-3-8-21(16)22-18/h2-13H,14H2,1H3. The summed E-state index contributed by atoms with van der Waals surface area (Å²) in [6.45, 7) is 2.60. The Balaban J connectivity index is 1.58. The second kappa shape index (κ2) is 5.73. The molecule has 1 heterocycles. The van der Waals surface area contributed by atoms with E-state index in [9.17, 15) is 0 Å². The van der Waals surface area contributed by atoms with Gasteiger partial charge in [-0.25, -0.2) is 4.98 Å². The maximum atomic E-state index is 5.93. The fourth-order valence-electron chi connectivity index (χ4n) is 2.86. The fourth-order valence-corrected chi connectivity index (χ4v) is 2.86. The molecule has 0 saturated heterocycles. The largest absolute Gasteiger partial charge is 0.487 e. The molecule has 0 atom stereocenters. The summed E-state index contributed by atoms with van der Waals surface area (Å²) < 4.78 is 5.93. The van der Waals surface area contributed by atoms with E-state index in [1.807, 2.05) is 30.3 Å². The number of aryl methyl sites for hydroxylation is 1. The first-order valence-electron chi connectivity index (χ1n) is 7.76. The molecule has 4 rings (SSSR count). The van der Waals surface area contributed by atoms with Gasteiger partial charge in [-0.3, -0.25) is 0 Å². The van der Waals surface area contributed by atoms with Gasteiger partial charge in [0.25, 0.3) is 0 Å². The van der Waals surface area contributed by atoms with Crippen molar-refractivity contribution < 1.29 is 4.74 Å². The third-order valence-corrected chi connectivity index (χ3v) is 4.11. The van der Waals surface area contributed by atoms with E-state index in [0.29, 0.717) is 6.61 Å². The molecule has 3 aromatic carbocycles. The minimum Gasteiger partial charge on any atom is -0.487 e. The van der Waals surface area contributed by atoms with Crippen LogP contribution in [0.25, 0.3) is 21.7 Å². The summed E-state index contributed by atoms with van der Waals surface area (Å²) >= 11 is 0. The highest BCUT2D eigenvalue weighted by atomic mass is 16.5. The molecule has 112 valence electrons. The van der Waals surface area contributed by atoms with Crippen LogP contribution >= 0.6 is 0 Å². The van der Waals surface area contributed by atoms with Gasteiger partial charge < -0.3 is 4.74 Å². The zero-order valence-electron chi connectivity index (χ0n) is 13.0. The minimum atomic E-state index is 0.474.